The third kappa shape index (κ3) is 6.25. The first-order chi connectivity index (χ1) is 19.3. The number of benzene rings is 2. The summed E-state index contributed by atoms with van der Waals surface area (Å²) in [5.74, 6) is 0.481. The van der Waals surface area contributed by atoms with Gasteiger partial charge in [-0.05, 0) is 125 Å². The molecule has 40 heavy (non-hydrogen) atoms. The van der Waals surface area contributed by atoms with Crippen molar-refractivity contribution in [3.63, 3.8) is 0 Å². The second-order valence-electron chi connectivity index (χ2n) is 11.6. The number of nitrogens with one attached hydrogen (secondary N) is 2. The van der Waals surface area contributed by atoms with Crippen LogP contribution in [0, 0.1) is 25.7 Å². The fourth-order valence-electron chi connectivity index (χ4n) is 6.53. The van der Waals surface area contributed by atoms with E-state index < -0.39 is 6.10 Å². The lowest BCUT2D eigenvalue weighted by atomic mass is 9.86. The largest absolute Gasteiger partial charge is 0.457 e. The second kappa shape index (κ2) is 12.8. The van der Waals surface area contributed by atoms with Crippen LogP contribution >= 0.6 is 0 Å². The van der Waals surface area contributed by atoms with Crippen LogP contribution in [0.5, 0.6) is 0 Å². The summed E-state index contributed by atoms with van der Waals surface area (Å²) < 4.78 is 10.1. The molecule has 2 aromatic rings. The van der Waals surface area contributed by atoms with Crippen LogP contribution in [0.2, 0.25) is 0 Å². The normalized spacial score (nSPS) is 20.6. The first-order valence-electron chi connectivity index (χ1n) is 14.7. The molecule has 8 nitrogen and oxygen atoms in total. The smallest absolute Gasteiger partial charge is 0.338 e. The van der Waals surface area contributed by atoms with Gasteiger partial charge in [0.15, 0.2) is 0 Å². The maximum atomic E-state index is 11.5. The zero-order valence-corrected chi connectivity index (χ0v) is 23.6. The Morgan fingerprint density at radius 3 is 1.98 bits per heavy atom. The molecule has 0 spiro atoms. The van der Waals surface area contributed by atoms with Crippen LogP contribution in [0.15, 0.2) is 24.3 Å². The van der Waals surface area contributed by atoms with Crippen molar-refractivity contribution in [1.82, 2.24) is 10.6 Å². The molecule has 4 heterocycles. The Kier molecular flexibility index (Phi) is 9.20. The van der Waals surface area contributed by atoms with E-state index in [1.165, 1.54) is 0 Å². The van der Waals surface area contributed by atoms with Gasteiger partial charge >= 0.3 is 11.9 Å². The molecule has 0 saturated carbocycles. The van der Waals surface area contributed by atoms with Crippen molar-refractivity contribution in [2.24, 2.45) is 11.8 Å². The maximum Gasteiger partial charge on any atom is 0.338 e. The Labute approximate surface area is 236 Å². The molecule has 2 saturated heterocycles. The lowest BCUT2D eigenvalue weighted by molar-refractivity contribution is 0.0526. The van der Waals surface area contributed by atoms with Gasteiger partial charge in [-0.1, -0.05) is 12.1 Å². The molecule has 2 atom stereocenters. The van der Waals surface area contributed by atoms with Crippen molar-refractivity contribution in [2.75, 3.05) is 26.2 Å². The number of aliphatic hydroxyl groups is 2. The van der Waals surface area contributed by atoms with Crippen molar-refractivity contribution in [1.29, 1.82) is 0 Å². The number of carbonyl (C=O) groups is 2. The number of ether oxygens (including phenoxy) is 2. The number of fused-ring (bicyclic) bond motifs is 2. The van der Waals surface area contributed by atoms with Crippen molar-refractivity contribution in [2.45, 2.75) is 77.8 Å². The summed E-state index contributed by atoms with van der Waals surface area (Å²) in [5, 5.41) is 27.6. The predicted octanol–water partition coefficient (Wildman–Crippen LogP) is 3.66. The van der Waals surface area contributed by atoms with Crippen molar-refractivity contribution in [3.05, 3.63) is 68.8 Å². The summed E-state index contributed by atoms with van der Waals surface area (Å²) in [4.78, 5) is 23.0. The molecule has 0 bridgehead atoms. The number of hydrogen-bond donors (Lipinski definition) is 4. The van der Waals surface area contributed by atoms with Gasteiger partial charge in [0.1, 0.15) is 13.2 Å². The van der Waals surface area contributed by atoms with E-state index in [4.69, 9.17) is 9.47 Å². The van der Waals surface area contributed by atoms with Gasteiger partial charge in [0.05, 0.1) is 23.3 Å². The number of aliphatic hydroxyl groups excluding tert-OH is 2. The van der Waals surface area contributed by atoms with Crippen LogP contribution in [0.1, 0.15) is 92.3 Å². The van der Waals surface area contributed by atoms with Gasteiger partial charge < -0.3 is 30.3 Å². The van der Waals surface area contributed by atoms with Gasteiger partial charge in [-0.25, -0.2) is 9.59 Å². The van der Waals surface area contributed by atoms with Gasteiger partial charge in [-0.2, -0.15) is 0 Å². The maximum absolute atomic E-state index is 11.5. The highest BCUT2D eigenvalue weighted by molar-refractivity contribution is 5.94. The van der Waals surface area contributed by atoms with Gasteiger partial charge in [-0.3, -0.25) is 0 Å². The predicted molar refractivity (Wildman–Crippen MR) is 151 cm³/mol. The third-order valence-electron chi connectivity index (χ3n) is 9.22. The molecule has 4 aliphatic rings. The van der Waals surface area contributed by atoms with E-state index in [1.807, 2.05) is 32.0 Å². The van der Waals surface area contributed by atoms with Crippen LogP contribution in [0.3, 0.4) is 0 Å². The van der Waals surface area contributed by atoms with E-state index in [-0.39, 0.29) is 18.0 Å². The summed E-state index contributed by atoms with van der Waals surface area (Å²) in [7, 11) is 0. The van der Waals surface area contributed by atoms with Gasteiger partial charge in [0.25, 0.3) is 0 Å². The second-order valence-corrected chi connectivity index (χ2v) is 11.6. The summed E-state index contributed by atoms with van der Waals surface area (Å²) >= 11 is 0. The Hall–Kier alpha value is -2.78. The summed E-state index contributed by atoms with van der Waals surface area (Å²) in [6, 6.07) is 7.47. The minimum atomic E-state index is -0.445. The number of hydrogen-bond acceptors (Lipinski definition) is 8. The Balaban J connectivity index is 0.000000161. The SMILES string of the molecule is Cc1c(C(O)CC2CCNCC2)ccc2c1COC2=O.Cc1c(CC(O)C2CCNCC2)ccc2c1COC2=O. The van der Waals surface area contributed by atoms with Gasteiger partial charge in [-0.15, -0.1) is 0 Å². The lowest BCUT2D eigenvalue weighted by Crippen LogP contribution is -2.35. The molecule has 6 rings (SSSR count). The number of esters is 2. The molecular formula is C32H42N2O6. The first kappa shape index (κ1) is 28.7. The summed E-state index contributed by atoms with van der Waals surface area (Å²) in [6.07, 6.45) is 5.05. The van der Waals surface area contributed by atoms with Crippen LogP contribution in [0.4, 0.5) is 0 Å². The highest BCUT2D eigenvalue weighted by atomic mass is 16.5. The molecule has 0 aliphatic carbocycles. The minimum Gasteiger partial charge on any atom is -0.457 e. The molecular weight excluding hydrogens is 508 g/mol. The molecule has 8 heteroatoms. The molecule has 4 aliphatic heterocycles. The standard InChI is InChI=1S/2C16H21NO3/c1-10-12(2-3-13-14(10)9-20-16(13)19)8-15(18)11-4-6-17-7-5-11;1-10-12(2-3-13-14(10)9-20-16(13)19)15(18)8-11-4-6-17-7-5-11/h2*2-3,11,15,17-18H,4-9H2,1H3. The van der Waals surface area contributed by atoms with Crippen LogP contribution < -0.4 is 10.6 Å². The van der Waals surface area contributed by atoms with Crippen molar-refractivity contribution in [3.8, 4) is 0 Å². The molecule has 2 aromatic carbocycles. The molecule has 216 valence electrons. The van der Waals surface area contributed by atoms with E-state index in [0.717, 1.165) is 91.7 Å². The average Bonchev–Trinajstić information content (AvgIpc) is 3.55. The highest BCUT2D eigenvalue weighted by Gasteiger charge is 2.28. The molecule has 0 radical (unpaired) electrons. The van der Waals surface area contributed by atoms with Crippen LogP contribution in [0.25, 0.3) is 0 Å². The quantitative estimate of drug-likeness (QED) is 0.403. The third-order valence-corrected chi connectivity index (χ3v) is 9.22. The fraction of sp³-hybridized carbons (Fsp3) is 0.562. The van der Waals surface area contributed by atoms with Gasteiger partial charge in [0, 0.05) is 11.1 Å². The van der Waals surface area contributed by atoms with E-state index >= 15 is 0 Å². The topological polar surface area (TPSA) is 117 Å². The van der Waals surface area contributed by atoms with Gasteiger partial charge in [0.2, 0.25) is 0 Å². The number of cyclic esters (lactones) is 2. The Bertz CT molecular complexity index is 1230. The molecule has 2 unspecified atom stereocenters. The zero-order valence-electron chi connectivity index (χ0n) is 23.6. The first-order valence-corrected chi connectivity index (χ1v) is 14.7. The van der Waals surface area contributed by atoms with E-state index in [0.29, 0.717) is 42.6 Å². The highest BCUT2D eigenvalue weighted by Crippen LogP contribution is 2.33. The minimum absolute atomic E-state index is 0.228. The van der Waals surface area contributed by atoms with Crippen LogP contribution in [-0.2, 0) is 29.1 Å². The molecule has 0 amide bonds. The zero-order chi connectivity index (χ0) is 28.2. The monoisotopic (exact) mass is 550 g/mol. The summed E-state index contributed by atoms with van der Waals surface area (Å²) in [5.41, 5.74) is 7.45. The van der Waals surface area contributed by atoms with Crippen LogP contribution in [-0.4, -0.2) is 54.4 Å². The number of carbonyl (C=O) groups excluding carboxylic acids is 2. The Morgan fingerprint density at radius 1 is 0.800 bits per heavy atom. The number of rotatable bonds is 6. The average molecular weight is 551 g/mol. The lowest BCUT2D eigenvalue weighted by Gasteiger charge is -2.27. The van der Waals surface area contributed by atoms with Crippen molar-refractivity contribution < 1.29 is 29.3 Å². The Morgan fingerprint density at radius 2 is 1.35 bits per heavy atom. The number of piperidine rings is 2. The van der Waals surface area contributed by atoms with E-state index in [9.17, 15) is 19.8 Å². The summed E-state index contributed by atoms with van der Waals surface area (Å²) in [6.45, 7) is 8.78. The van der Waals surface area contributed by atoms with E-state index in [1.54, 1.807) is 6.07 Å². The molecule has 2 fully saturated rings. The van der Waals surface area contributed by atoms with E-state index in [2.05, 4.69) is 10.6 Å². The fourth-order valence-corrected chi connectivity index (χ4v) is 6.53. The molecule has 0 aromatic heterocycles. The molecule has 4 N–H and O–H groups in total. The van der Waals surface area contributed by atoms with Crippen molar-refractivity contribution >= 4 is 11.9 Å².